The summed E-state index contributed by atoms with van der Waals surface area (Å²) in [5.41, 5.74) is 0.587. The molecule has 0 amide bonds. The van der Waals surface area contributed by atoms with Gasteiger partial charge in [0.15, 0.2) is 0 Å². The number of hydrogen-bond donors (Lipinski definition) is 2. The normalized spacial score (nSPS) is 13.2. The van der Waals surface area contributed by atoms with Gasteiger partial charge in [0.2, 0.25) is 10.0 Å². The molecule has 1 heterocycles. The molecule has 19 heavy (non-hydrogen) atoms. The summed E-state index contributed by atoms with van der Waals surface area (Å²) in [5, 5.41) is 3.04. The standard InChI is InChI=1S/C12H21N3O2S2/c1-4-10(9-18-3)15-19(16,17)12-8-13-7-6-11(12)14-5-2/h6-8,10,15H,4-5,9H2,1-3H3,(H,13,14). The van der Waals surface area contributed by atoms with Crippen molar-refractivity contribution in [2.24, 2.45) is 0 Å². The van der Waals surface area contributed by atoms with E-state index in [4.69, 9.17) is 0 Å². The van der Waals surface area contributed by atoms with Gasteiger partial charge in [0.05, 0.1) is 5.69 Å². The molecule has 0 aromatic carbocycles. The van der Waals surface area contributed by atoms with Crippen LogP contribution in [-0.2, 0) is 10.0 Å². The van der Waals surface area contributed by atoms with Gasteiger partial charge in [-0.1, -0.05) is 6.92 Å². The van der Waals surface area contributed by atoms with Gasteiger partial charge in [-0.25, -0.2) is 13.1 Å². The highest BCUT2D eigenvalue weighted by Gasteiger charge is 2.21. The van der Waals surface area contributed by atoms with Crippen LogP contribution in [0.15, 0.2) is 23.4 Å². The van der Waals surface area contributed by atoms with Crippen molar-refractivity contribution in [2.45, 2.75) is 31.2 Å². The number of aromatic nitrogens is 1. The van der Waals surface area contributed by atoms with Gasteiger partial charge in [-0.3, -0.25) is 4.98 Å². The number of hydrogen-bond acceptors (Lipinski definition) is 5. The average Bonchev–Trinajstić information content (AvgIpc) is 2.39. The fourth-order valence-corrected chi connectivity index (χ4v) is 3.92. The predicted octanol–water partition coefficient (Wildman–Crippen LogP) is 1.93. The van der Waals surface area contributed by atoms with Crippen molar-refractivity contribution in [1.82, 2.24) is 9.71 Å². The summed E-state index contributed by atoms with van der Waals surface area (Å²) in [6.07, 6.45) is 5.68. The monoisotopic (exact) mass is 303 g/mol. The van der Waals surface area contributed by atoms with Crippen molar-refractivity contribution < 1.29 is 8.42 Å². The average molecular weight is 303 g/mol. The van der Waals surface area contributed by atoms with Crippen LogP contribution in [0.5, 0.6) is 0 Å². The molecule has 5 nitrogen and oxygen atoms in total. The van der Waals surface area contributed by atoms with Gasteiger partial charge in [0.25, 0.3) is 0 Å². The Bertz CT molecular complexity index is 492. The van der Waals surface area contributed by atoms with Crippen molar-refractivity contribution in [3.05, 3.63) is 18.5 Å². The van der Waals surface area contributed by atoms with Gasteiger partial charge in [0, 0.05) is 30.7 Å². The number of nitrogens with one attached hydrogen (secondary N) is 2. The zero-order valence-corrected chi connectivity index (χ0v) is 13.1. The second kappa shape index (κ2) is 7.72. The van der Waals surface area contributed by atoms with Crippen LogP contribution in [0, 0.1) is 0 Å². The van der Waals surface area contributed by atoms with E-state index in [1.807, 2.05) is 20.1 Å². The Hall–Kier alpha value is -0.790. The lowest BCUT2D eigenvalue weighted by Gasteiger charge is -2.17. The molecule has 0 bridgehead atoms. The van der Waals surface area contributed by atoms with Crippen LogP contribution in [0.1, 0.15) is 20.3 Å². The van der Waals surface area contributed by atoms with E-state index < -0.39 is 10.0 Å². The van der Waals surface area contributed by atoms with Crippen LogP contribution in [0.3, 0.4) is 0 Å². The Labute approximate surface area is 119 Å². The third-order valence-corrected chi connectivity index (χ3v) is 4.91. The lowest BCUT2D eigenvalue weighted by Crippen LogP contribution is -2.36. The number of nitrogens with zero attached hydrogens (tertiary/aromatic N) is 1. The van der Waals surface area contributed by atoms with Crippen molar-refractivity contribution >= 4 is 27.5 Å². The second-order valence-corrected chi connectivity index (χ2v) is 6.68. The van der Waals surface area contributed by atoms with E-state index in [0.29, 0.717) is 12.2 Å². The summed E-state index contributed by atoms with van der Waals surface area (Å²) in [6.45, 7) is 4.55. The fourth-order valence-electron chi connectivity index (χ4n) is 1.65. The minimum atomic E-state index is -3.53. The van der Waals surface area contributed by atoms with E-state index in [0.717, 1.165) is 12.2 Å². The van der Waals surface area contributed by atoms with Crippen molar-refractivity contribution in [3.63, 3.8) is 0 Å². The van der Waals surface area contributed by atoms with Crippen LogP contribution < -0.4 is 10.0 Å². The molecule has 1 aromatic rings. The topological polar surface area (TPSA) is 71.1 Å². The molecule has 0 fully saturated rings. The maximum atomic E-state index is 12.4. The number of anilines is 1. The Kier molecular flexibility index (Phi) is 6.60. The first-order chi connectivity index (χ1) is 9.05. The predicted molar refractivity (Wildman–Crippen MR) is 81.2 cm³/mol. The number of rotatable bonds is 8. The van der Waals surface area contributed by atoms with Crippen molar-refractivity contribution in [2.75, 3.05) is 23.9 Å². The lowest BCUT2D eigenvalue weighted by atomic mass is 10.3. The molecule has 0 spiro atoms. The number of thioether (sulfide) groups is 1. The van der Waals surface area contributed by atoms with Gasteiger partial charge in [-0.15, -0.1) is 0 Å². The van der Waals surface area contributed by atoms with E-state index in [-0.39, 0.29) is 10.9 Å². The molecular formula is C12H21N3O2S2. The van der Waals surface area contributed by atoms with Gasteiger partial charge < -0.3 is 5.32 Å². The van der Waals surface area contributed by atoms with Gasteiger partial charge >= 0.3 is 0 Å². The van der Waals surface area contributed by atoms with Crippen molar-refractivity contribution in [3.8, 4) is 0 Å². The number of sulfonamides is 1. The smallest absolute Gasteiger partial charge is 0.244 e. The van der Waals surface area contributed by atoms with Crippen LogP contribution in [-0.4, -0.2) is 38.0 Å². The third-order valence-electron chi connectivity index (χ3n) is 2.62. The molecule has 0 aliphatic rings. The van der Waals surface area contributed by atoms with Gasteiger partial charge in [0.1, 0.15) is 4.90 Å². The minimum Gasteiger partial charge on any atom is -0.384 e. The van der Waals surface area contributed by atoms with E-state index >= 15 is 0 Å². The SMILES string of the molecule is CCNc1ccncc1S(=O)(=O)NC(CC)CSC. The zero-order chi connectivity index (χ0) is 14.3. The maximum Gasteiger partial charge on any atom is 0.244 e. The lowest BCUT2D eigenvalue weighted by molar-refractivity contribution is 0.558. The Morgan fingerprint density at radius 1 is 1.42 bits per heavy atom. The summed E-state index contributed by atoms with van der Waals surface area (Å²) in [6, 6.07) is 1.61. The Morgan fingerprint density at radius 3 is 2.74 bits per heavy atom. The maximum absolute atomic E-state index is 12.4. The van der Waals surface area contributed by atoms with E-state index in [9.17, 15) is 8.42 Å². The minimum absolute atomic E-state index is 0.0605. The highest BCUT2D eigenvalue weighted by molar-refractivity contribution is 7.98. The molecule has 108 valence electrons. The highest BCUT2D eigenvalue weighted by Crippen LogP contribution is 2.20. The zero-order valence-electron chi connectivity index (χ0n) is 11.5. The molecule has 1 unspecified atom stereocenters. The molecular weight excluding hydrogens is 282 g/mol. The third kappa shape index (κ3) is 4.67. The molecule has 0 aliphatic heterocycles. The fraction of sp³-hybridized carbons (Fsp3) is 0.583. The summed E-state index contributed by atoms with van der Waals surface area (Å²) >= 11 is 1.63. The van der Waals surface area contributed by atoms with E-state index in [1.54, 1.807) is 24.0 Å². The number of pyridine rings is 1. The quantitative estimate of drug-likeness (QED) is 0.768. The van der Waals surface area contributed by atoms with Gasteiger partial charge in [-0.2, -0.15) is 11.8 Å². The van der Waals surface area contributed by atoms with Crippen molar-refractivity contribution in [1.29, 1.82) is 0 Å². The van der Waals surface area contributed by atoms with E-state index in [2.05, 4.69) is 15.0 Å². The molecule has 2 N–H and O–H groups in total. The second-order valence-electron chi connectivity index (χ2n) is 4.08. The van der Waals surface area contributed by atoms with Gasteiger partial charge in [-0.05, 0) is 25.7 Å². The molecule has 1 aromatic heterocycles. The first kappa shape index (κ1) is 16.3. The molecule has 0 saturated heterocycles. The molecule has 1 rings (SSSR count). The highest BCUT2D eigenvalue weighted by atomic mass is 32.2. The Morgan fingerprint density at radius 2 is 2.16 bits per heavy atom. The molecule has 0 radical (unpaired) electrons. The van der Waals surface area contributed by atoms with Crippen LogP contribution >= 0.6 is 11.8 Å². The largest absolute Gasteiger partial charge is 0.384 e. The first-order valence-electron chi connectivity index (χ1n) is 6.24. The summed E-state index contributed by atoms with van der Waals surface area (Å²) in [4.78, 5) is 4.11. The molecule has 0 saturated carbocycles. The summed E-state index contributed by atoms with van der Waals surface area (Å²) < 4.78 is 27.5. The molecule has 1 atom stereocenters. The van der Waals surface area contributed by atoms with E-state index in [1.165, 1.54) is 6.20 Å². The molecule has 7 heteroatoms. The Balaban J connectivity index is 2.99. The van der Waals surface area contributed by atoms with Crippen LogP contribution in [0.4, 0.5) is 5.69 Å². The first-order valence-corrected chi connectivity index (χ1v) is 9.12. The van der Waals surface area contributed by atoms with Crippen LogP contribution in [0.25, 0.3) is 0 Å². The van der Waals surface area contributed by atoms with Crippen LogP contribution in [0.2, 0.25) is 0 Å². The summed E-state index contributed by atoms with van der Waals surface area (Å²) in [7, 11) is -3.53. The summed E-state index contributed by atoms with van der Waals surface area (Å²) in [5.74, 6) is 0.756. The molecule has 0 aliphatic carbocycles.